The molecule has 0 aliphatic rings. The lowest BCUT2D eigenvalue weighted by molar-refractivity contribution is -0.149. The first-order chi connectivity index (χ1) is 12.8. The first-order valence-electron chi connectivity index (χ1n) is 8.82. The summed E-state index contributed by atoms with van der Waals surface area (Å²) in [5.41, 5.74) is 1.13. The minimum atomic E-state index is -0.329. The average molecular weight is 365 g/mol. The molecule has 0 aromatic heterocycles. The number of hydrogen-bond donors (Lipinski definition) is 1. The molecular formula is C22H23NO2S. The third kappa shape index (κ3) is 5.10. The summed E-state index contributed by atoms with van der Waals surface area (Å²) in [6.45, 7) is 0. The molecule has 1 atom stereocenters. The molecule has 4 heteroatoms. The second kappa shape index (κ2) is 9.41. The monoisotopic (exact) mass is 365 g/mol. The van der Waals surface area contributed by atoms with Crippen molar-refractivity contribution < 1.29 is 9.63 Å². The van der Waals surface area contributed by atoms with Crippen LogP contribution >= 0.6 is 11.8 Å². The van der Waals surface area contributed by atoms with E-state index in [1.165, 1.54) is 15.7 Å². The fourth-order valence-electron chi connectivity index (χ4n) is 3.08. The van der Waals surface area contributed by atoms with Crippen molar-refractivity contribution >= 4 is 28.5 Å². The van der Waals surface area contributed by atoms with E-state index >= 15 is 0 Å². The van der Waals surface area contributed by atoms with Gasteiger partial charge in [-0.1, -0.05) is 60.7 Å². The lowest BCUT2D eigenvalue weighted by Gasteiger charge is -2.14. The van der Waals surface area contributed by atoms with Crippen LogP contribution in [0.4, 0.5) is 0 Å². The van der Waals surface area contributed by atoms with Crippen molar-refractivity contribution in [3.63, 3.8) is 0 Å². The van der Waals surface area contributed by atoms with E-state index in [-0.39, 0.29) is 11.9 Å². The van der Waals surface area contributed by atoms with Crippen LogP contribution in [-0.4, -0.2) is 11.7 Å². The third-order valence-electron chi connectivity index (χ3n) is 4.46. The van der Waals surface area contributed by atoms with Crippen LogP contribution in [0.5, 0.6) is 0 Å². The zero-order chi connectivity index (χ0) is 18.2. The van der Waals surface area contributed by atoms with Gasteiger partial charge in [0.15, 0.2) is 0 Å². The molecule has 0 fully saturated rings. The highest BCUT2D eigenvalue weighted by Gasteiger charge is 2.19. The Morgan fingerprint density at radius 3 is 2.46 bits per heavy atom. The molecule has 26 heavy (non-hydrogen) atoms. The van der Waals surface area contributed by atoms with E-state index < -0.39 is 0 Å². The first-order valence-corrected chi connectivity index (χ1v) is 9.81. The van der Waals surface area contributed by atoms with E-state index in [0.29, 0.717) is 6.42 Å². The van der Waals surface area contributed by atoms with Crippen LogP contribution in [-0.2, 0) is 16.1 Å². The van der Waals surface area contributed by atoms with Gasteiger partial charge in [-0.2, -0.15) is 5.90 Å². The molecule has 3 aromatic carbocycles. The van der Waals surface area contributed by atoms with Crippen LogP contribution in [0.25, 0.3) is 10.8 Å². The van der Waals surface area contributed by atoms with Crippen LogP contribution in [0.15, 0.2) is 77.7 Å². The number of fused-ring (bicyclic) bond motifs is 1. The SMILES string of the molecule is NOC(=O)[C@@H](CCCSc1ccc2ccccc2c1)Cc1ccccc1. The maximum absolute atomic E-state index is 12.0. The van der Waals surface area contributed by atoms with Gasteiger partial charge in [0.2, 0.25) is 0 Å². The number of thioether (sulfide) groups is 1. The Balaban J connectivity index is 1.52. The van der Waals surface area contributed by atoms with E-state index in [9.17, 15) is 4.79 Å². The number of hydrogen-bond acceptors (Lipinski definition) is 4. The molecule has 0 aliphatic carbocycles. The molecule has 3 aromatic rings. The fraction of sp³-hybridized carbons (Fsp3) is 0.227. The molecule has 0 heterocycles. The topological polar surface area (TPSA) is 52.3 Å². The van der Waals surface area contributed by atoms with Crippen molar-refractivity contribution in [2.45, 2.75) is 24.2 Å². The molecule has 134 valence electrons. The van der Waals surface area contributed by atoms with E-state index in [0.717, 1.165) is 24.2 Å². The molecule has 3 rings (SSSR count). The van der Waals surface area contributed by atoms with Crippen molar-refractivity contribution in [2.24, 2.45) is 11.8 Å². The van der Waals surface area contributed by atoms with Gasteiger partial charge in [-0.15, -0.1) is 11.8 Å². The van der Waals surface area contributed by atoms with Gasteiger partial charge in [0.1, 0.15) is 0 Å². The van der Waals surface area contributed by atoms with Gasteiger partial charge >= 0.3 is 5.97 Å². The molecule has 0 saturated heterocycles. The fourth-order valence-corrected chi connectivity index (χ4v) is 4.00. The number of carbonyl (C=O) groups excluding carboxylic acids is 1. The first kappa shape index (κ1) is 18.5. The molecule has 0 unspecified atom stereocenters. The van der Waals surface area contributed by atoms with Gasteiger partial charge in [0, 0.05) is 4.90 Å². The Morgan fingerprint density at radius 1 is 0.962 bits per heavy atom. The second-order valence-corrected chi connectivity index (χ2v) is 7.49. The molecule has 0 amide bonds. The van der Waals surface area contributed by atoms with Crippen molar-refractivity contribution in [3.8, 4) is 0 Å². The maximum Gasteiger partial charge on any atom is 0.327 e. The summed E-state index contributed by atoms with van der Waals surface area (Å²) in [6, 6.07) is 24.9. The van der Waals surface area contributed by atoms with Crippen LogP contribution in [0.2, 0.25) is 0 Å². The van der Waals surface area contributed by atoms with E-state index in [4.69, 9.17) is 5.90 Å². The van der Waals surface area contributed by atoms with Crippen LogP contribution in [0.1, 0.15) is 18.4 Å². The highest BCUT2D eigenvalue weighted by atomic mass is 32.2. The van der Waals surface area contributed by atoms with Crippen molar-refractivity contribution in [2.75, 3.05) is 5.75 Å². The van der Waals surface area contributed by atoms with Crippen LogP contribution in [0, 0.1) is 5.92 Å². The van der Waals surface area contributed by atoms with Gasteiger partial charge in [-0.05, 0) is 53.5 Å². The van der Waals surface area contributed by atoms with E-state index in [2.05, 4.69) is 47.3 Å². The summed E-state index contributed by atoms with van der Waals surface area (Å²) in [7, 11) is 0. The molecule has 0 bridgehead atoms. The molecule has 0 radical (unpaired) electrons. The van der Waals surface area contributed by atoms with Crippen molar-refractivity contribution in [1.82, 2.24) is 0 Å². The summed E-state index contributed by atoms with van der Waals surface area (Å²) in [5, 5.41) is 2.51. The van der Waals surface area contributed by atoms with Crippen molar-refractivity contribution in [1.29, 1.82) is 0 Å². The van der Waals surface area contributed by atoms with Crippen LogP contribution in [0.3, 0.4) is 0 Å². The predicted molar refractivity (Wildman–Crippen MR) is 108 cm³/mol. The number of benzene rings is 3. The largest absolute Gasteiger partial charge is 0.373 e. The highest BCUT2D eigenvalue weighted by Crippen LogP contribution is 2.25. The summed E-state index contributed by atoms with van der Waals surface area (Å²) >= 11 is 1.82. The summed E-state index contributed by atoms with van der Waals surface area (Å²) in [5.74, 6) is 5.56. The Bertz CT molecular complexity index is 851. The normalized spacial score (nSPS) is 12.0. The Morgan fingerprint density at radius 2 is 1.69 bits per heavy atom. The highest BCUT2D eigenvalue weighted by molar-refractivity contribution is 7.99. The van der Waals surface area contributed by atoms with Crippen LogP contribution < -0.4 is 5.90 Å². The van der Waals surface area contributed by atoms with Crippen molar-refractivity contribution in [3.05, 3.63) is 78.4 Å². The lowest BCUT2D eigenvalue weighted by atomic mass is 9.95. The summed E-state index contributed by atoms with van der Waals surface area (Å²) in [6.07, 6.45) is 2.37. The number of carbonyl (C=O) groups is 1. The molecule has 0 saturated carbocycles. The number of rotatable bonds is 8. The zero-order valence-corrected chi connectivity index (χ0v) is 15.5. The molecular weight excluding hydrogens is 342 g/mol. The van der Waals surface area contributed by atoms with Gasteiger partial charge < -0.3 is 4.84 Å². The minimum absolute atomic E-state index is 0.195. The smallest absolute Gasteiger partial charge is 0.327 e. The van der Waals surface area contributed by atoms with Gasteiger partial charge in [0.05, 0.1) is 5.92 Å². The maximum atomic E-state index is 12.0. The van der Waals surface area contributed by atoms with E-state index in [1.807, 2.05) is 42.1 Å². The Hall–Kier alpha value is -2.30. The molecule has 0 spiro atoms. The average Bonchev–Trinajstić information content (AvgIpc) is 2.70. The summed E-state index contributed by atoms with van der Waals surface area (Å²) < 4.78 is 0. The molecule has 3 nitrogen and oxygen atoms in total. The van der Waals surface area contributed by atoms with Gasteiger partial charge in [-0.3, -0.25) is 4.79 Å². The Labute approximate surface area is 158 Å². The molecule has 2 N–H and O–H groups in total. The number of nitrogens with two attached hydrogens (primary N) is 1. The minimum Gasteiger partial charge on any atom is -0.373 e. The zero-order valence-electron chi connectivity index (χ0n) is 14.6. The standard InChI is InChI=1S/C22H23NO2S/c23-25-22(24)20(15-17-7-2-1-3-8-17)11-6-14-26-21-13-12-18-9-4-5-10-19(18)16-21/h1-5,7-10,12-13,16,20H,6,11,14-15,23H2/t20-/m0/s1. The second-order valence-electron chi connectivity index (χ2n) is 6.32. The molecule has 0 aliphatic heterocycles. The predicted octanol–water partition coefficient (Wildman–Crippen LogP) is 4.99. The lowest BCUT2D eigenvalue weighted by Crippen LogP contribution is -2.23. The van der Waals surface area contributed by atoms with E-state index in [1.54, 1.807) is 0 Å². The third-order valence-corrected chi connectivity index (χ3v) is 5.54. The summed E-state index contributed by atoms with van der Waals surface area (Å²) in [4.78, 5) is 17.7. The Kier molecular flexibility index (Phi) is 6.69. The van der Waals surface area contributed by atoms with Gasteiger partial charge in [0.25, 0.3) is 0 Å². The quantitative estimate of drug-likeness (QED) is 0.347. The van der Waals surface area contributed by atoms with Gasteiger partial charge in [-0.25, -0.2) is 0 Å².